The molecule has 0 amide bonds. The van der Waals surface area contributed by atoms with E-state index in [9.17, 15) is 0 Å². The minimum Gasteiger partial charge on any atom is -0.432 e. The summed E-state index contributed by atoms with van der Waals surface area (Å²) >= 11 is 0. The quantitative estimate of drug-likeness (QED) is 0.597. The van der Waals surface area contributed by atoms with Gasteiger partial charge in [-0.1, -0.05) is 18.2 Å². The van der Waals surface area contributed by atoms with E-state index in [1.165, 1.54) is 5.56 Å². The van der Waals surface area contributed by atoms with E-state index in [2.05, 4.69) is 11.1 Å². The molecule has 13 heavy (non-hydrogen) atoms. The molecule has 0 N–H and O–H groups in total. The molecule has 0 saturated carbocycles. The van der Waals surface area contributed by atoms with Crippen LogP contribution in [0.4, 0.5) is 5.69 Å². The van der Waals surface area contributed by atoms with Gasteiger partial charge < -0.3 is 4.74 Å². The maximum absolute atomic E-state index is 5.21. The van der Waals surface area contributed by atoms with Crippen molar-refractivity contribution < 1.29 is 4.74 Å². The number of aliphatic imine (C=N–C) groups is 1. The Bertz CT molecular complexity index is 409. The van der Waals surface area contributed by atoms with Gasteiger partial charge in [0.2, 0.25) is 0 Å². The Balaban J connectivity index is 2.13. The summed E-state index contributed by atoms with van der Waals surface area (Å²) in [7, 11) is 0. The van der Waals surface area contributed by atoms with Gasteiger partial charge in [-0.3, -0.25) is 4.90 Å². The van der Waals surface area contributed by atoms with Crippen LogP contribution < -0.4 is 0 Å². The van der Waals surface area contributed by atoms with Crippen molar-refractivity contribution in [3.63, 3.8) is 0 Å². The Kier molecular flexibility index (Phi) is 1.22. The molecule has 2 aliphatic rings. The maximum atomic E-state index is 5.21. The van der Waals surface area contributed by atoms with Crippen LogP contribution in [-0.2, 0) is 11.3 Å². The maximum Gasteiger partial charge on any atom is 0.302 e. The highest BCUT2D eigenvalue weighted by atomic mass is 16.5. The molecular weight excluding hydrogens is 164 g/mol. The summed E-state index contributed by atoms with van der Waals surface area (Å²) in [5, 5.41) is 0. The third-order valence-electron chi connectivity index (χ3n) is 2.21. The predicted molar refractivity (Wildman–Crippen MR) is 49.3 cm³/mol. The SMILES string of the molecule is C1=CN2Cc3ccccc3N=C2O1. The first-order valence-corrected chi connectivity index (χ1v) is 4.20. The molecule has 0 atom stereocenters. The average molecular weight is 172 g/mol. The van der Waals surface area contributed by atoms with Crippen molar-refractivity contribution in [2.75, 3.05) is 0 Å². The first-order valence-electron chi connectivity index (χ1n) is 4.20. The van der Waals surface area contributed by atoms with Crippen molar-refractivity contribution >= 4 is 11.7 Å². The van der Waals surface area contributed by atoms with Crippen LogP contribution in [0.5, 0.6) is 0 Å². The lowest BCUT2D eigenvalue weighted by Crippen LogP contribution is -2.24. The Morgan fingerprint density at radius 3 is 3.23 bits per heavy atom. The highest BCUT2D eigenvalue weighted by Crippen LogP contribution is 2.27. The van der Waals surface area contributed by atoms with Gasteiger partial charge in [0.05, 0.1) is 12.2 Å². The van der Waals surface area contributed by atoms with Crippen LogP contribution in [0.3, 0.4) is 0 Å². The van der Waals surface area contributed by atoms with Gasteiger partial charge in [0.25, 0.3) is 0 Å². The second-order valence-corrected chi connectivity index (χ2v) is 3.05. The molecule has 0 radical (unpaired) electrons. The van der Waals surface area contributed by atoms with E-state index in [0.717, 1.165) is 12.2 Å². The van der Waals surface area contributed by atoms with Gasteiger partial charge in [-0.15, -0.1) is 0 Å². The van der Waals surface area contributed by atoms with Crippen LogP contribution >= 0.6 is 0 Å². The summed E-state index contributed by atoms with van der Waals surface area (Å²) in [5.74, 6) is 0. The summed E-state index contributed by atoms with van der Waals surface area (Å²) < 4.78 is 5.21. The summed E-state index contributed by atoms with van der Waals surface area (Å²) in [6.45, 7) is 0.853. The van der Waals surface area contributed by atoms with E-state index in [0.29, 0.717) is 6.02 Å². The van der Waals surface area contributed by atoms with Crippen LogP contribution in [0.15, 0.2) is 41.7 Å². The summed E-state index contributed by atoms with van der Waals surface area (Å²) in [5.41, 5.74) is 2.25. The van der Waals surface area contributed by atoms with Gasteiger partial charge in [0, 0.05) is 6.20 Å². The highest BCUT2D eigenvalue weighted by Gasteiger charge is 2.21. The second kappa shape index (κ2) is 2.36. The second-order valence-electron chi connectivity index (χ2n) is 3.05. The number of amidine groups is 1. The van der Waals surface area contributed by atoms with Crippen LogP contribution in [0.25, 0.3) is 0 Å². The zero-order valence-electron chi connectivity index (χ0n) is 6.97. The molecule has 0 saturated heterocycles. The van der Waals surface area contributed by atoms with Crippen molar-refractivity contribution in [3.8, 4) is 0 Å². The number of hydrogen-bond acceptors (Lipinski definition) is 3. The molecule has 64 valence electrons. The number of para-hydroxylation sites is 1. The van der Waals surface area contributed by atoms with Gasteiger partial charge in [-0.05, 0) is 11.6 Å². The number of fused-ring (bicyclic) bond motifs is 2. The molecule has 0 aliphatic carbocycles. The standard InChI is InChI=1S/C10H8N2O/c1-2-4-9-8(3-1)7-12-5-6-13-10(12)11-9/h1-6H,7H2. The molecular formula is C10H8N2O. The Hall–Kier alpha value is -1.77. The van der Waals surface area contributed by atoms with Gasteiger partial charge in [0.15, 0.2) is 0 Å². The van der Waals surface area contributed by atoms with Crippen molar-refractivity contribution in [1.82, 2.24) is 4.90 Å². The molecule has 2 heterocycles. The van der Waals surface area contributed by atoms with Crippen LogP contribution in [-0.4, -0.2) is 10.9 Å². The molecule has 0 fully saturated rings. The van der Waals surface area contributed by atoms with E-state index < -0.39 is 0 Å². The molecule has 3 rings (SSSR count). The summed E-state index contributed by atoms with van der Waals surface area (Å²) in [4.78, 5) is 6.35. The molecule has 1 aromatic carbocycles. The summed E-state index contributed by atoms with van der Waals surface area (Å²) in [6, 6.07) is 8.78. The van der Waals surface area contributed by atoms with Gasteiger partial charge in [0.1, 0.15) is 6.26 Å². The van der Waals surface area contributed by atoms with Crippen molar-refractivity contribution in [3.05, 3.63) is 42.3 Å². The van der Waals surface area contributed by atoms with Crippen LogP contribution in [0.2, 0.25) is 0 Å². The van der Waals surface area contributed by atoms with Crippen LogP contribution in [0.1, 0.15) is 5.56 Å². The Labute approximate surface area is 76.0 Å². The van der Waals surface area contributed by atoms with E-state index in [-0.39, 0.29) is 0 Å². The monoisotopic (exact) mass is 172 g/mol. The third-order valence-corrected chi connectivity index (χ3v) is 2.21. The fraction of sp³-hybridized carbons (Fsp3) is 0.100. The molecule has 0 bridgehead atoms. The largest absolute Gasteiger partial charge is 0.432 e. The fourth-order valence-corrected chi connectivity index (χ4v) is 1.55. The van der Waals surface area contributed by atoms with Gasteiger partial charge in [-0.25, -0.2) is 0 Å². The topological polar surface area (TPSA) is 24.8 Å². The lowest BCUT2D eigenvalue weighted by atomic mass is 10.1. The van der Waals surface area contributed by atoms with Gasteiger partial charge in [-0.2, -0.15) is 4.99 Å². The Morgan fingerprint density at radius 2 is 2.23 bits per heavy atom. The molecule has 1 aromatic rings. The zero-order valence-corrected chi connectivity index (χ0v) is 6.97. The van der Waals surface area contributed by atoms with Crippen molar-refractivity contribution in [2.45, 2.75) is 6.54 Å². The minimum absolute atomic E-state index is 0.679. The van der Waals surface area contributed by atoms with E-state index in [1.807, 2.05) is 29.3 Å². The number of rotatable bonds is 0. The molecule has 0 aromatic heterocycles. The first-order chi connectivity index (χ1) is 6.43. The van der Waals surface area contributed by atoms with Gasteiger partial charge >= 0.3 is 6.02 Å². The van der Waals surface area contributed by atoms with E-state index >= 15 is 0 Å². The van der Waals surface area contributed by atoms with Crippen molar-refractivity contribution in [1.29, 1.82) is 0 Å². The highest BCUT2D eigenvalue weighted by molar-refractivity contribution is 5.82. The normalized spacial score (nSPS) is 17.5. The molecule has 0 unspecified atom stereocenters. The molecule has 0 spiro atoms. The predicted octanol–water partition coefficient (Wildman–Crippen LogP) is 1.99. The fourth-order valence-electron chi connectivity index (χ4n) is 1.55. The number of nitrogens with zero attached hydrogens (tertiary/aromatic N) is 2. The smallest absolute Gasteiger partial charge is 0.302 e. The molecule has 2 aliphatic heterocycles. The first kappa shape index (κ1) is 6.71. The van der Waals surface area contributed by atoms with Crippen LogP contribution in [0, 0.1) is 0 Å². The number of hydrogen-bond donors (Lipinski definition) is 0. The average Bonchev–Trinajstić information content (AvgIpc) is 2.61. The lowest BCUT2D eigenvalue weighted by Gasteiger charge is -2.20. The summed E-state index contributed by atoms with van der Waals surface area (Å²) in [6.07, 6.45) is 3.56. The van der Waals surface area contributed by atoms with Crippen molar-refractivity contribution in [2.24, 2.45) is 4.99 Å². The molecule has 3 heteroatoms. The lowest BCUT2D eigenvalue weighted by molar-refractivity contribution is 0.412. The number of benzene rings is 1. The zero-order chi connectivity index (χ0) is 8.67. The van der Waals surface area contributed by atoms with E-state index in [1.54, 1.807) is 6.26 Å². The third kappa shape index (κ3) is 0.935. The minimum atomic E-state index is 0.679. The number of ether oxygens (including phenoxy) is 1. The molecule has 3 nitrogen and oxygen atoms in total. The Morgan fingerprint density at radius 1 is 1.31 bits per heavy atom. The van der Waals surface area contributed by atoms with E-state index in [4.69, 9.17) is 4.74 Å².